The van der Waals surface area contributed by atoms with Gasteiger partial charge in [-0.3, -0.25) is 0 Å². The number of rotatable bonds is 6. The molecule has 0 aliphatic carbocycles. The van der Waals surface area contributed by atoms with Crippen LogP contribution < -0.4 is 0 Å². The predicted octanol–water partition coefficient (Wildman–Crippen LogP) is 4.08. The van der Waals surface area contributed by atoms with E-state index in [-0.39, 0.29) is 0 Å². The molecule has 0 fully saturated rings. The van der Waals surface area contributed by atoms with E-state index in [1.165, 1.54) is 25.7 Å². The molecule has 0 radical (unpaired) electrons. The molecule has 11 heavy (non-hydrogen) atoms. The SMILES string of the molecule is CCCCC(C)CC(C)CCl. The molecule has 2 atom stereocenters. The Kier molecular flexibility index (Phi) is 7.15. The Morgan fingerprint density at radius 1 is 1.18 bits per heavy atom. The molecule has 0 aliphatic rings. The molecule has 0 nitrogen and oxygen atoms in total. The molecule has 0 aromatic rings. The van der Waals surface area contributed by atoms with E-state index in [4.69, 9.17) is 11.6 Å². The smallest absolute Gasteiger partial charge is 0.0249 e. The van der Waals surface area contributed by atoms with Crippen molar-refractivity contribution in [3.05, 3.63) is 0 Å². The summed E-state index contributed by atoms with van der Waals surface area (Å²) in [5, 5.41) is 0. The first-order valence-electron chi connectivity index (χ1n) is 4.76. The number of hydrogen-bond acceptors (Lipinski definition) is 0. The monoisotopic (exact) mass is 176 g/mol. The topological polar surface area (TPSA) is 0 Å². The Labute approximate surface area is 76.3 Å². The van der Waals surface area contributed by atoms with Crippen LogP contribution >= 0.6 is 11.6 Å². The Balaban J connectivity index is 3.27. The largest absolute Gasteiger partial charge is 0.126 e. The first kappa shape index (κ1) is 11.3. The molecule has 1 heteroatoms. The van der Waals surface area contributed by atoms with E-state index in [0.29, 0.717) is 5.92 Å². The number of unbranched alkanes of at least 4 members (excludes halogenated alkanes) is 1. The van der Waals surface area contributed by atoms with Gasteiger partial charge in [-0.2, -0.15) is 0 Å². The maximum Gasteiger partial charge on any atom is 0.0249 e. The third-order valence-electron chi connectivity index (χ3n) is 2.12. The molecule has 0 heterocycles. The average Bonchev–Trinajstić information content (AvgIpc) is 2.00. The molecule has 0 aromatic carbocycles. The highest BCUT2D eigenvalue weighted by atomic mass is 35.5. The van der Waals surface area contributed by atoms with Crippen LogP contribution in [0.5, 0.6) is 0 Å². The van der Waals surface area contributed by atoms with Crippen LogP contribution in [-0.2, 0) is 0 Å². The van der Waals surface area contributed by atoms with Gasteiger partial charge in [0.25, 0.3) is 0 Å². The first-order valence-corrected chi connectivity index (χ1v) is 5.30. The van der Waals surface area contributed by atoms with Gasteiger partial charge in [-0.05, 0) is 18.3 Å². The molecular formula is C10H21Cl. The molecule has 0 aromatic heterocycles. The van der Waals surface area contributed by atoms with E-state index in [1.807, 2.05) is 0 Å². The van der Waals surface area contributed by atoms with E-state index < -0.39 is 0 Å². The van der Waals surface area contributed by atoms with Crippen molar-refractivity contribution in [2.45, 2.75) is 46.5 Å². The van der Waals surface area contributed by atoms with Crippen LogP contribution in [0.3, 0.4) is 0 Å². The highest BCUT2D eigenvalue weighted by Crippen LogP contribution is 2.18. The fourth-order valence-electron chi connectivity index (χ4n) is 1.42. The molecular weight excluding hydrogens is 156 g/mol. The van der Waals surface area contributed by atoms with Gasteiger partial charge in [-0.15, -0.1) is 11.6 Å². The molecule has 0 aliphatic heterocycles. The highest BCUT2D eigenvalue weighted by Gasteiger charge is 2.06. The van der Waals surface area contributed by atoms with Gasteiger partial charge < -0.3 is 0 Å². The number of halogens is 1. The van der Waals surface area contributed by atoms with Crippen LogP contribution in [0.2, 0.25) is 0 Å². The molecule has 68 valence electrons. The minimum Gasteiger partial charge on any atom is -0.126 e. The van der Waals surface area contributed by atoms with Gasteiger partial charge in [0.2, 0.25) is 0 Å². The van der Waals surface area contributed by atoms with Crippen LogP contribution in [0.15, 0.2) is 0 Å². The minimum absolute atomic E-state index is 0.698. The van der Waals surface area contributed by atoms with Crippen molar-refractivity contribution in [2.24, 2.45) is 11.8 Å². The third kappa shape index (κ3) is 6.68. The number of alkyl halides is 1. The third-order valence-corrected chi connectivity index (χ3v) is 2.65. The molecule has 0 saturated heterocycles. The second-order valence-electron chi connectivity index (χ2n) is 3.74. The molecule has 0 spiro atoms. The van der Waals surface area contributed by atoms with E-state index in [2.05, 4.69) is 20.8 Å². The van der Waals surface area contributed by atoms with Crippen molar-refractivity contribution in [1.82, 2.24) is 0 Å². The first-order chi connectivity index (χ1) is 5.20. The zero-order chi connectivity index (χ0) is 8.69. The maximum atomic E-state index is 5.73. The van der Waals surface area contributed by atoms with Gasteiger partial charge in [0.1, 0.15) is 0 Å². The Morgan fingerprint density at radius 3 is 2.27 bits per heavy atom. The second-order valence-corrected chi connectivity index (χ2v) is 4.05. The lowest BCUT2D eigenvalue weighted by Crippen LogP contribution is -2.04. The van der Waals surface area contributed by atoms with E-state index >= 15 is 0 Å². The van der Waals surface area contributed by atoms with E-state index in [9.17, 15) is 0 Å². The summed E-state index contributed by atoms with van der Waals surface area (Å²) in [7, 11) is 0. The quantitative estimate of drug-likeness (QED) is 0.535. The van der Waals surface area contributed by atoms with Crippen molar-refractivity contribution < 1.29 is 0 Å². The van der Waals surface area contributed by atoms with Crippen LogP contribution in [0, 0.1) is 11.8 Å². The molecule has 0 N–H and O–H groups in total. The zero-order valence-electron chi connectivity index (χ0n) is 8.07. The van der Waals surface area contributed by atoms with Crippen molar-refractivity contribution in [3.63, 3.8) is 0 Å². The lowest BCUT2D eigenvalue weighted by atomic mass is 9.94. The molecule has 0 rings (SSSR count). The van der Waals surface area contributed by atoms with Crippen molar-refractivity contribution >= 4 is 11.6 Å². The molecule has 0 amide bonds. The van der Waals surface area contributed by atoms with Crippen molar-refractivity contribution in [1.29, 1.82) is 0 Å². The normalized spacial score (nSPS) is 16.4. The fraction of sp³-hybridized carbons (Fsp3) is 1.00. The van der Waals surface area contributed by atoms with Gasteiger partial charge >= 0.3 is 0 Å². The minimum atomic E-state index is 0.698. The Morgan fingerprint density at radius 2 is 1.82 bits per heavy atom. The summed E-state index contributed by atoms with van der Waals surface area (Å²) in [5.74, 6) is 2.38. The van der Waals surface area contributed by atoms with Crippen LogP contribution in [0.1, 0.15) is 46.5 Å². The van der Waals surface area contributed by atoms with Gasteiger partial charge in [-0.1, -0.05) is 40.0 Å². The molecule has 0 saturated carbocycles. The average molecular weight is 177 g/mol. The van der Waals surface area contributed by atoms with Gasteiger partial charge in [0.15, 0.2) is 0 Å². The Hall–Kier alpha value is 0.290. The van der Waals surface area contributed by atoms with Crippen molar-refractivity contribution in [2.75, 3.05) is 5.88 Å². The van der Waals surface area contributed by atoms with Gasteiger partial charge in [0.05, 0.1) is 0 Å². The van der Waals surface area contributed by atoms with Crippen LogP contribution in [-0.4, -0.2) is 5.88 Å². The predicted molar refractivity (Wildman–Crippen MR) is 53.2 cm³/mol. The fourth-order valence-corrected chi connectivity index (χ4v) is 1.55. The van der Waals surface area contributed by atoms with Crippen LogP contribution in [0.25, 0.3) is 0 Å². The van der Waals surface area contributed by atoms with E-state index in [0.717, 1.165) is 11.8 Å². The van der Waals surface area contributed by atoms with E-state index in [1.54, 1.807) is 0 Å². The molecule has 0 bridgehead atoms. The summed E-state index contributed by atoms with van der Waals surface area (Å²) < 4.78 is 0. The summed E-state index contributed by atoms with van der Waals surface area (Å²) in [6.07, 6.45) is 5.36. The van der Waals surface area contributed by atoms with Crippen molar-refractivity contribution in [3.8, 4) is 0 Å². The summed E-state index contributed by atoms with van der Waals surface area (Å²) in [6, 6.07) is 0. The highest BCUT2D eigenvalue weighted by molar-refractivity contribution is 6.18. The molecule has 2 unspecified atom stereocenters. The Bertz CT molecular complexity index is 80.9. The summed E-state index contributed by atoms with van der Waals surface area (Å²) in [4.78, 5) is 0. The van der Waals surface area contributed by atoms with Gasteiger partial charge in [-0.25, -0.2) is 0 Å². The zero-order valence-corrected chi connectivity index (χ0v) is 8.82. The summed E-state index contributed by atoms with van der Waals surface area (Å²) in [5.41, 5.74) is 0. The lowest BCUT2D eigenvalue weighted by molar-refractivity contribution is 0.406. The summed E-state index contributed by atoms with van der Waals surface area (Å²) in [6.45, 7) is 6.81. The van der Waals surface area contributed by atoms with Gasteiger partial charge in [0, 0.05) is 5.88 Å². The lowest BCUT2D eigenvalue weighted by Gasteiger charge is -2.14. The van der Waals surface area contributed by atoms with Crippen LogP contribution in [0.4, 0.5) is 0 Å². The number of hydrogen-bond donors (Lipinski definition) is 0. The standard InChI is InChI=1S/C10H21Cl/c1-4-5-6-9(2)7-10(3)8-11/h9-10H,4-8H2,1-3H3. The summed E-state index contributed by atoms with van der Waals surface area (Å²) >= 11 is 5.73. The second kappa shape index (κ2) is 6.97. The maximum absolute atomic E-state index is 5.73.